The number of carboxylic acid groups (broad SMARTS) is 1. The van der Waals surface area contributed by atoms with E-state index in [0.29, 0.717) is 36.5 Å². The molecule has 1 N–H and O–H groups in total. The fraction of sp³-hybridized carbons (Fsp3) is 0.917. The molecule has 2 rings (SSSR count). The number of aliphatic carboxylic acids is 1. The Labute approximate surface area is 171 Å². The Hall–Kier alpha value is -1.06. The van der Waals surface area contributed by atoms with Crippen molar-refractivity contribution >= 4 is 11.9 Å². The number of carboxylic acids is 1. The molecule has 0 spiro atoms. The normalized spacial score (nSPS) is 33.3. The molecule has 0 saturated heterocycles. The molecule has 0 heterocycles. The fourth-order valence-corrected chi connectivity index (χ4v) is 5.12. The number of ether oxygens (including phenoxy) is 1. The topological polar surface area (TPSA) is 63.6 Å². The van der Waals surface area contributed by atoms with Gasteiger partial charge >= 0.3 is 11.9 Å². The van der Waals surface area contributed by atoms with Crippen molar-refractivity contribution in [2.45, 2.75) is 98.5 Å². The van der Waals surface area contributed by atoms with Crippen molar-refractivity contribution in [2.75, 3.05) is 0 Å². The summed E-state index contributed by atoms with van der Waals surface area (Å²) in [6.45, 7) is 11.0. The summed E-state index contributed by atoms with van der Waals surface area (Å²) in [5, 5.41) is 9.62. The zero-order chi connectivity index (χ0) is 20.8. The summed E-state index contributed by atoms with van der Waals surface area (Å²) in [6, 6.07) is 0. The Balaban J connectivity index is 2.07. The van der Waals surface area contributed by atoms with Gasteiger partial charge in [-0.15, -0.1) is 0 Å². The van der Waals surface area contributed by atoms with Crippen molar-refractivity contribution in [1.82, 2.24) is 0 Å². The molecule has 0 aromatic carbocycles. The van der Waals surface area contributed by atoms with Crippen LogP contribution in [0.15, 0.2) is 0 Å². The molecule has 0 aromatic rings. The van der Waals surface area contributed by atoms with E-state index in [0.717, 1.165) is 31.6 Å². The molecule has 5 atom stereocenters. The summed E-state index contributed by atoms with van der Waals surface area (Å²) in [5.74, 6) is 0.491. The second-order valence-electron chi connectivity index (χ2n) is 10.1. The van der Waals surface area contributed by atoms with Gasteiger partial charge in [0, 0.05) is 0 Å². The van der Waals surface area contributed by atoms with Crippen LogP contribution >= 0.6 is 0 Å². The minimum absolute atomic E-state index is 0.0588. The first-order chi connectivity index (χ1) is 13.2. The molecule has 2 aliphatic rings. The van der Waals surface area contributed by atoms with Gasteiger partial charge in [-0.25, -0.2) is 0 Å². The van der Waals surface area contributed by atoms with Gasteiger partial charge in [-0.3, -0.25) is 9.59 Å². The van der Waals surface area contributed by atoms with Crippen LogP contribution in [-0.4, -0.2) is 23.1 Å². The van der Waals surface area contributed by atoms with E-state index in [-0.39, 0.29) is 12.1 Å². The van der Waals surface area contributed by atoms with Gasteiger partial charge in [0.1, 0.15) is 6.10 Å². The van der Waals surface area contributed by atoms with Gasteiger partial charge in [0.25, 0.3) is 0 Å². The summed E-state index contributed by atoms with van der Waals surface area (Å²) >= 11 is 0. The highest BCUT2D eigenvalue weighted by Gasteiger charge is 2.41. The third kappa shape index (κ3) is 6.22. The molecule has 2 aliphatic carbocycles. The van der Waals surface area contributed by atoms with Crippen LogP contribution in [0.5, 0.6) is 0 Å². The third-order valence-electron chi connectivity index (χ3n) is 7.74. The van der Waals surface area contributed by atoms with Crippen LogP contribution in [0.1, 0.15) is 92.4 Å². The number of rotatable bonds is 8. The Morgan fingerprint density at radius 1 is 1.00 bits per heavy atom. The van der Waals surface area contributed by atoms with Crippen LogP contribution in [0.4, 0.5) is 0 Å². The van der Waals surface area contributed by atoms with Gasteiger partial charge in [-0.1, -0.05) is 53.9 Å². The van der Waals surface area contributed by atoms with Crippen molar-refractivity contribution < 1.29 is 19.4 Å². The van der Waals surface area contributed by atoms with Gasteiger partial charge < -0.3 is 9.84 Å². The predicted molar refractivity (Wildman–Crippen MR) is 112 cm³/mol. The van der Waals surface area contributed by atoms with Crippen molar-refractivity contribution in [3.8, 4) is 0 Å². The molecular weight excluding hydrogens is 352 g/mol. The Bertz CT molecular complexity index is 507. The second-order valence-corrected chi connectivity index (χ2v) is 10.1. The van der Waals surface area contributed by atoms with Gasteiger partial charge in [-0.2, -0.15) is 0 Å². The highest BCUT2D eigenvalue weighted by molar-refractivity contribution is 5.81. The fourth-order valence-electron chi connectivity index (χ4n) is 5.12. The summed E-state index contributed by atoms with van der Waals surface area (Å²) in [5.41, 5.74) is 0. The molecule has 4 heteroatoms. The highest BCUT2D eigenvalue weighted by atomic mass is 16.5. The van der Waals surface area contributed by atoms with Gasteiger partial charge in [0.2, 0.25) is 0 Å². The lowest BCUT2D eigenvalue weighted by molar-refractivity contribution is -0.168. The van der Waals surface area contributed by atoms with Crippen LogP contribution < -0.4 is 0 Å². The number of carbonyl (C=O) groups is 2. The smallest absolute Gasteiger partial charge is 0.310 e. The molecule has 2 saturated carbocycles. The number of hydrogen-bond donors (Lipinski definition) is 1. The monoisotopic (exact) mass is 394 g/mol. The van der Waals surface area contributed by atoms with Gasteiger partial charge in [0.05, 0.1) is 11.8 Å². The van der Waals surface area contributed by atoms with Crippen LogP contribution in [0.3, 0.4) is 0 Å². The molecule has 28 heavy (non-hydrogen) atoms. The summed E-state index contributed by atoms with van der Waals surface area (Å²) < 4.78 is 6.13. The molecular formula is C24H42O4. The quantitative estimate of drug-likeness (QED) is 0.518. The maximum atomic E-state index is 13.1. The van der Waals surface area contributed by atoms with Gasteiger partial charge in [0.15, 0.2) is 0 Å². The SMILES string of the molecule is CCC1CCC(C(CC(C)C(C)C)OC(=O)C2CCC(C)CC2C(=O)O)CC1. The number of esters is 1. The standard InChI is InChI=1S/C24H42O4/c1-6-18-8-10-19(11-9-18)22(14-17(5)15(2)3)28-24(27)20-12-7-16(4)13-21(20)23(25)26/h15-22H,6-14H2,1-5H3,(H,25,26). The third-order valence-corrected chi connectivity index (χ3v) is 7.74. The van der Waals surface area contributed by atoms with Crippen LogP contribution in [0.2, 0.25) is 0 Å². The Kier molecular flexibility index (Phi) is 8.82. The molecule has 0 aliphatic heterocycles. The largest absolute Gasteiger partial charge is 0.481 e. The van der Waals surface area contributed by atoms with E-state index in [4.69, 9.17) is 4.74 Å². The van der Waals surface area contributed by atoms with Crippen LogP contribution in [-0.2, 0) is 14.3 Å². The average molecular weight is 395 g/mol. The summed E-state index contributed by atoms with van der Waals surface area (Å²) in [7, 11) is 0. The molecule has 5 unspecified atom stereocenters. The zero-order valence-corrected chi connectivity index (χ0v) is 18.7. The lowest BCUT2D eigenvalue weighted by Crippen LogP contribution is -2.40. The van der Waals surface area contributed by atoms with E-state index in [9.17, 15) is 14.7 Å². The van der Waals surface area contributed by atoms with E-state index in [1.807, 2.05) is 0 Å². The zero-order valence-electron chi connectivity index (χ0n) is 18.7. The first kappa shape index (κ1) is 23.2. The van der Waals surface area contributed by atoms with E-state index >= 15 is 0 Å². The molecule has 4 nitrogen and oxygen atoms in total. The molecule has 0 radical (unpaired) electrons. The predicted octanol–water partition coefficient (Wildman–Crippen LogP) is 5.93. The van der Waals surface area contributed by atoms with Crippen molar-refractivity contribution in [3.63, 3.8) is 0 Å². The minimum atomic E-state index is -0.843. The minimum Gasteiger partial charge on any atom is -0.481 e. The molecule has 0 aromatic heterocycles. The van der Waals surface area contributed by atoms with Gasteiger partial charge in [-0.05, 0) is 68.1 Å². The second kappa shape index (κ2) is 10.6. The van der Waals surface area contributed by atoms with Crippen LogP contribution in [0.25, 0.3) is 0 Å². The first-order valence-corrected chi connectivity index (χ1v) is 11.7. The Morgan fingerprint density at radius 3 is 2.18 bits per heavy atom. The molecule has 162 valence electrons. The number of hydrogen-bond acceptors (Lipinski definition) is 3. The van der Waals surface area contributed by atoms with Crippen molar-refractivity contribution in [3.05, 3.63) is 0 Å². The maximum absolute atomic E-state index is 13.1. The van der Waals surface area contributed by atoms with E-state index in [1.54, 1.807) is 0 Å². The molecule has 0 amide bonds. The van der Waals surface area contributed by atoms with E-state index in [1.165, 1.54) is 19.3 Å². The van der Waals surface area contributed by atoms with Crippen molar-refractivity contribution in [1.29, 1.82) is 0 Å². The maximum Gasteiger partial charge on any atom is 0.310 e. The van der Waals surface area contributed by atoms with Crippen molar-refractivity contribution in [2.24, 2.45) is 41.4 Å². The van der Waals surface area contributed by atoms with E-state index in [2.05, 4.69) is 34.6 Å². The highest BCUT2D eigenvalue weighted by Crippen LogP contribution is 2.39. The summed E-state index contributed by atoms with van der Waals surface area (Å²) in [6.07, 6.45) is 8.93. The molecule has 0 bridgehead atoms. The van der Waals surface area contributed by atoms with E-state index < -0.39 is 17.8 Å². The first-order valence-electron chi connectivity index (χ1n) is 11.7. The molecule has 2 fully saturated rings. The average Bonchev–Trinajstić information content (AvgIpc) is 2.67. The Morgan fingerprint density at radius 2 is 1.64 bits per heavy atom. The number of carbonyl (C=O) groups excluding carboxylic acids is 1. The van der Waals surface area contributed by atoms with Crippen LogP contribution in [0, 0.1) is 41.4 Å². The summed E-state index contributed by atoms with van der Waals surface area (Å²) in [4.78, 5) is 24.8. The lowest BCUT2D eigenvalue weighted by atomic mass is 9.74. The lowest BCUT2D eigenvalue weighted by Gasteiger charge is -2.37.